The van der Waals surface area contributed by atoms with Gasteiger partial charge in [0.15, 0.2) is 0 Å². The molecule has 0 bridgehead atoms. The number of carbonyl (C=O) groups excluding carboxylic acids is 2. The summed E-state index contributed by atoms with van der Waals surface area (Å²) in [5.74, 6) is -0.160. The molecule has 114 valence electrons. The van der Waals surface area contributed by atoms with E-state index in [4.69, 9.17) is 5.73 Å². The predicted molar refractivity (Wildman–Crippen MR) is 81.0 cm³/mol. The minimum Gasteiger partial charge on any atom is -0.465 e. The largest absolute Gasteiger partial charge is 0.465 e. The Hall–Kier alpha value is -1.88. The molecular formula is C16H22N2O3. The van der Waals surface area contributed by atoms with E-state index in [0.29, 0.717) is 30.0 Å². The third kappa shape index (κ3) is 3.61. The summed E-state index contributed by atoms with van der Waals surface area (Å²) in [6.07, 6.45) is 3.47. The zero-order chi connectivity index (χ0) is 15.5. The number of methoxy groups -OCH3 is 1. The maximum Gasteiger partial charge on any atom is 0.337 e. The molecule has 1 aromatic rings. The first-order valence-electron chi connectivity index (χ1n) is 7.23. The van der Waals surface area contributed by atoms with Crippen molar-refractivity contribution in [1.82, 2.24) is 0 Å². The minimum atomic E-state index is -0.820. The molecule has 1 aromatic carbocycles. The van der Waals surface area contributed by atoms with Gasteiger partial charge in [-0.1, -0.05) is 25.8 Å². The van der Waals surface area contributed by atoms with Crippen molar-refractivity contribution in [2.75, 3.05) is 12.4 Å². The van der Waals surface area contributed by atoms with Crippen LogP contribution < -0.4 is 11.1 Å². The first kappa shape index (κ1) is 15.5. The second-order valence-corrected chi connectivity index (χ2v) is 5.88. The molecule has 0 aliphatic heterocycles. The van der Waals surface area contributed by atoms with Gasteiger partial charge in [-0.2, -0.15) is 0 Å². The van der Waals surface area contributed by atoms with E-state index in [1.165, 1.54) is 7.11 Å². The third-order valence-electron chi connectivity index (χ3n) is 4.03. The van der Waals surface area contributed by atoms with Crippen LogP contribution in [0.25, 0.3) is 0 Å². The smallest absolute Gasteiger partial charge is 0.337 e. The molecule has 2 unspecified atom stereocenters. The molecule has 2 rings (SSSR count). The Morgan fingerprint density at radius 3 is 2.86 bits per heavy atom. The molecule has 5 heteroatoms. The topological polar surface area (TPSA) is 81.4 Å². The van der Waals surface area contributed by atoms with Gasteiger partial charge in [-0.25, -0.2) is 4.79 Å². The Morgan fingerprint density at radius 2 is 2.19 bits per heavy atom. The SMILES string of the molecule is COC(=O)c1cccc(NC(=O)C2(N)CCCC(C)C2)c1. The molecule has 1 saturated carbocycles. The zero-order valence-corrected chi connectivity index (χ0v) is 12.5. The third-order valence-corrected chi connectivity index (χ3v) is 4.03. The molecule has 1 aliphatic rings. The average Bonchev–Trinajstić information content (AvgIpc) is 2.46. The van der Waals surface area contributed by atoms with Crippen molar-refractivity contribution >= 4 is 17.6 Å². The minimum absolute atomic E-state index is 0.184. The van der Waals surface area contributed by atoms with Crippen molar-refractivity contribution in [3.63, 3.8) is 0 Å². The van der Waals surface area contributed by atoms with Crippen LogP contribution in [0.2, 0.25) is 0 Å². The van der Waals surface area contributed by atoms with Crippen LogP contribution >= 0.6 is 0 Å². The molecule has 1 amide bonds. The monoisotopic (exact) mass is 290 g/mol. The van der Waals surface area contributed by atoms with Gasteiger partial charge < -0.3 is 15.8 Å². The Morgan fingerprint density at radius 1 is 1.43 bits per heavy atom. The summed E-state index contributed by atoms with van der Waals surface area (Å²) >= 11 is 0. The van der Waals surface area contributed by atoms with Crippen molar-refractivity contribution in [3.05, 3.63) is 29.8 Å². The Labute approximate surface area is 124 Å². The number of hydrogen-bond acceptors (Lipinski definition) is 4. The molecule has 0 heterocycles. The van der Waals surface area contributed by atoms with Crippen LogP contribution in [-0.4, -0.2) is 24.5 Å². The van der Waals surface area contributed by atoms with Crippen molar-refractivity contribution in [2.24, 2.45) is 11.7 Å². The highest BCUT2D eigenvalue weighted by Crippen LogP contribution is 2.31. The molecule has 1 fully saturated rings. The number of rotatable bonds is 3. The quantitative estimate of drug-likeness (QED) is 0.837. The highest BCUT2D eigenvalue weighted by molar-refractivity contribution is 5.99. The van der Waals surface area contributed by atoms with Gasteiger partial charge in [0.1, 0.15) is 0 Å². The van der Waals surface area contributed by atoms with Gasteiger partial charge in [0.05, 0.1) is 18.2 Å². The van der Waals surface area contributed by atoms with Crippen LogP contribution in [0.15, 0.2) is 24.3 Å². The maximum atomic E-state index is 12.4. The lowest BCUT2D eigenvalue weighted by Gasteiger charge is -2.35. The number of benzene rings is 1. The second-order valence-electron chi connectivity index (χ2n) is 5.88. The van der Waals surface area contributed by atoms with Crippen LogP contribution in [0.5, 0.6) is 0 Å². The number of hydrogen-bond donors (Lipinski definition) is 2. The number of nitrogens with one attached hydrogen (secondary N) is 1. The number of carbonyl (C=O) groups is 2. The maximum absolute atomic E-state index is 12.4. The summed E-state index contributed by atoms with van der Waals surface area (Å²) in [4.78, 5) is 23.9. The van der Waals surface area contributed by atoms with Crippen molar-refractivity contribution < 1.29 is 14.3 Å². The van der Waals surface area contributed by atoms with Crippen molar-refractivity contribution in [3.8, 4) is 0 Å². The van der Waals surface area contributed by atoms with E-state index in [9.17, 15) is 9.59 Å². The zero-order valence-electron chi connectivity index (χ0n) is 12.5. The lowest BCUT2D eigenvalue weighted by Crippen LogP contribution is -2.53. The molecule has 0 saturated heterocycles. The van der Waals surface area contributed by atoms with Gasteiger partial charge in [0.25, 0.3) is 0 Å². The van der Waals surface area contributed by atoms with Crippen LogP contribution in [-0.2, 0) is 9.53 Å². The van der Waals surface area contributed by atoms with Crippen LogP contribution in [0, 0.1) is 5.92 Å². The van der Waals surface area contributed by atoms with Crippen molar-refractivity contribution in [1.29, 1.82) is 0 Å². The highest BCUT2D eigenvalue weighted by atomic mass is 16.5. The van der Waals surface area contributed by atoms with Crippen LogP contribution in [0.3, 0.4) is 0 Å². The van der Waals surface area contributed by atoms with E-state index in [1.54, 1.807) is 24.3 Å². The van der Waals surface area contributed by atoms with Gasteiger partial charge in [-0.3, -0.25) is 4.79 Å². The number of ether oxygens (including phenoxy) is 1. The normalized spacial score (nSPS) is 25.2. The number of amides is 1. The summed E-state index contributed by atoms with van der Waals surface area (Å²) in [6, 6.07) is 6.68. The summed E-state index contributed by atoms with van der Waals surface area (Å²) in [5, 5.41) is 2.82. The Bertz CT molecular complexity index is 544. The first-order valence-corrected chi connectivity index (χ1v) is 7.23. The van der Waals surface area contributed by atoms with E-state index in [0.717, 1.165) is 12.8 Å². The molecule has 0 radical (unpaired) electrons. The van der Waals surface area contributed by atoms with Gasteiger partial charge in [-0.15, -0.1) is 0 Å². The summed E-state index contributed by atoms with van der Waals surface area (Å²) in [7, 11) is 1.33. The Kier molecular flexibility index (Phi) is 4.63. The predicted octanol–water partition coefficient (Wildman–Crippen LogP) is 2.32. The lowest BCUT2D eigenvalue weighted by atomic mass is 9.76. The highest BCUT2D eigenvalue weighted by Gasteiger charge is 2.37. The standard InChI is InChI=1S/C16H22N2O3/c1-11-5-4-8-16(17,10-11)15(20)18-13-7-3-6-12(9-13)14(19)21-2/h3,6-7,9,11H,4-5,8,10,17H2,1-2H3,(H,18,20). The van der Waals surface area contributed by atoms with Gasteiger partial charge in [-0.05, 0) is 37.0 Å². The van der Waals surface area contributed by atoms with E-state index in [1.807, 2.05) is 0 Å². The fourth-order valence-electron chi connectivity index (χ4n) is 2.90. The summed E-state index contributed by atoms with van der Waals surface area (Å²) in [5.41, 5.74) is 6.40. The second kappa shape index (κ2) is 6.26. The average molecular weight is 290 g/mol. The number of nitrogens with two attached hydrogens (primary N) is 1. The first-order chi connectivity index (χ1) is 9.94. The molecular weight excluding hydrogens is 268 g/mol. The summed E-state index contributed by atoms with van der Waals surface area (Å²) in [6.45, 7) is 2.12. The fourth-order valence-corrected chi connectivity index (χ4v) is 2.90. The summed E-state index contributed by atoms with van der Waals surface area (Å²) < 4.78 is 4.67. The van der Waals surface area contributed by atoms with Gasteiger partial charge >= 0.3 is 5.97 Å². The van der Waals surface area contributed by atoms with Crippen molar-refractivity contribution in [2.45, 2.75) is 38.1 Å². The Balaban J connectivity index is 2.10. The molecule has 2 atom stereocenters. The van der Waals surface area contributed by atoms with Crippen LogP contribution in [0.4, 0.5) is 5.69 Å². The molecule has 3 N–H and O–H groups in total. The molecule has 5 nitrogen and oxygen atoms in total. The molecule has 1 aliphatic carbocycles. The lowest BCUT2D eigenvalue weighted by molar-refractivity contribution is -0.122. The molecule has 0 aromatic heterocycles. The van der Waals surface area contributed by atoms with Gasteiger partial charge in [0.2, 0.25) is 5.91 Å². The van der Waals surface area contributed by atoms with E-state index >= 15 is 0 Å². The van der Waals surface area contributed by atoms with E-state index in [-0.39, 0.29) is 5.91 Å². The van der Waals surface area contributed by atoms with E-state index in [2.05, 4.69) is 17.0 Å². The molecule has 21 heavy (non-hydrogen) atoms. The van der Waals surface area contributed by atoms with E-state index < -0.39 is 11.5 Å². The van der Waals surface area contributed by atoms with Crippen LogP contribution in [0.1, 0.15) is 43.0 Å². The number of anilines is 1. The van der Waals surface area contributed by atoms with Gasteiger partial charge in [0, 0.05) is 5.69 Å². The number of esters is 1. The molecule has 0 spiro atoms. The fraction of sp³-hybridized carbons (Fsp3) is 0.500.